The lowest BCUT2D eigenvalue weighted by Gasteiger charge is -2.26. The molecule has 4 rings (SSSR count). The molecule has 0 bridgehead atoms. The first-order chi connectivity index (χ1) is 18.2. The van der Waals surface area contributed by atoms with Crippen molar-refractivity contribution in [3.05, 3.63) is 76.0 Å². The van der Waals surface area contributed by atoms with Gasteiger partial charge in [0.15, 0.2) is 27.8 Å². The number of aromatic hydroxyl groups is 1. The van der Waals surface area contributed by atoms with E-state index in [4.69, 9.17) is 18.9 Å². The number of para-hydroxylation sites is 1. The van der Waals surface area contributed by atoms with Crippen LogP contribution >= 0.6 is 33.9 Å². The number of methoxy groups -OCH3 is 2. The molecule has 11 heteroatoms. The molecule has 1 aliphatic heterocycles. The molecule has 1 aliphatic rings. The highest BCUT2D eigenvalue weighted by Crippen LogP contribution is 2.41. The first kappa shape index (κ1) is 27.7. The predicted molar refractivity (Wildman–Crippen MR) is 152 cm³/mol. The molecule has 2 aromatic carbocycles. The number of allylic oxidation sites excluding steroid dienone is 1. The van der Waals surface area contributed by atoms with E-state index in [-0.39, 0.29) is 23.5 Å². The van der Waals surface area contributed by atoms with Crippen LogP contribution in [0.4, 0.5) is 0 Å². The zero-order valence-electron chi connectivity index (χ0n) is 21.5. The number of halogens is 1. The fourth-order valence-electron chi connectivity index (χ4n) is 4.28. The number of rotatable bonds is 8. The Morgan fingerprint density at radius 1 is 1.18 bits per heavy atom. The van der Waals surface area contributed by atoms with Crippen LogP contribution in [0.3, 0.4) is 0 Å². The SMILES string of the molecule is CCOC(=O)C1=C(C)N=c2s/c(=C/c3cc(I)c(O)c(OC)c3)c(=O)n2[C@H]1c1cccc(OC)c1OCC. The minimum Gasteiger partial charge on any atom is -0.504 e. The zero-order chi connectivity index (χ0) is 27.6. The number of esters is 1. The van der Waals surface area contributed by atoms with Gasteiger partial charge in [-0.1, -0.05) is 23.5 Å². The molecule has 0 spiro atoms. The Morgan fingerprint density at radius 3 is 2.58 bits per heavy atom. The van der Waals surface area contributed by atoms with E-state index in [1.165, 1.54) is 30.1 Å². The summed E-state index contributed by atoms with van der Waals surface area (Å²) < 4.78 is 24.6. The van der Waals surface area contributed by atoms with Crippen molar-refractivity contribution in [2.24, 2.45) is 4.99 Å². The van der Waals surface area contributed by atoms with Gasteiger partial charge in [0.2, 0.25) is 0 Å². The van der Waals surface area contributed by atoms with Gasteiger partial charge in [-0.15, -0.1) is 0 Å². The fraction of sp³-hybridized carbons (Fsp3) is 0.296. The van der Waals surface area contributed by atoms with Gasteiger partial charge in [0.1, 0.15) is 6.04 Å². The highest BCUT2D eigenvalue weighted by atomic mass is 127. The monoisotopic (exact) mass is 650 g/mol. The van der Waals surface area contributed by atoms with Crippen LogP contribution in [0.25, 0.3) is 6.08 Å². The summed E-state index contributed by atoms with van der Waals surface area (Å²) in [7, 11) is 3.00. The van der Waals surface area contributed by atoms with Gasteiger partial charge < -0.3 is 24.1 Å². The van der Waals surface area contributed by atoms with Gasteiger partial charge in [0.05, 0.1) is 46.8 Å². The number of phenolic OH excluding ortho intramolecular Hbond substituents is 1. The van der Waals surface area contributed by atoms with Crippen LogP contribution in [-0.4, -0.2) is 43.1 Å². The molecule has 0 fully saturated rings. The molecule has 0 saturated carbocycles. The molecule has 1 N–H and O–H groups in total. The molecule has 0 amide bonds. The van der Waals surface area contributed by atoms with Crippen molar-refractivity contribution in [3.63, 3.8) is 0 Å². The maximum Gasteiger partial charge on any atom is 0.338 e. The van der Waals surface area contributed by atoms with Crippen LogP contribution in [0.2, 0.25) is 0 Å². The Morgan fingerprint density at radius 2 is 1.92 bits per heavy atom. The number of carbonyl (C=O) groups is 1. The summed E-state index contributed by atoms with van der Waals surface area (Å²) in [6.07, 6.45) is 1.71. The van der Waals surface area contributed by atoms with E-state index >= 15 is 0 Å². The minimum atomic E-state index is -0.849. The van der Waals surface area contributed by atoms with Crippen LogP contribution in [-0.2, 0) is 9.53 Å². The number of aromatic nitrogens is 1. The molecule has 0 radical (unpaired) electrons. The average molecular weight is 650 g/mol. The van der Waals surface area contributed by atoms with Crippen molar-refractivity contribution in [1.29, 1.82) is 0 Å². The van der Waals surface area contributed by atoms with E-state index < -0.39 is 12.0 Å². The highest BCUT2D eigenvalue weighted by molar-refractivity contribution is 14.1. The molecule has 38 heavy (non-hydrogen) atoms. The fourth-order valence-corrected chi connectivity index (χ4v) is 5.95. The zero-order valence-corrected chi connectivity index (χ0v) is 24.5. The first-order valence-electron chi connectivity index (χ1n) is 11.8. The van der Waals surface area contributed by atoms with Crippen molar-refractivity contribution < 1.29 is 28.8 Å². The quantitative estimate of drug-likeness (QED) is 0.294. The lowest BCUT2D eigenvalue weighted by Crippen LogP contribution is -2.40. The summed E-state index contributed by atoms with van der Waals surface area (Å²) in [4.78, 5) is 32.2. The van der Waals surface area contributed by atoms with Gasteiger partial charge >= 0.3 is 5.97 Å². The van der Waals surface area contributed by atoms with E-state index in [1.54, 1.807) is 50.3 Å². The van der Waals surface area contributed by atoms with Gasteiger partial charge in [0.25, 0.3) is 5.56 Å². The van der Waals surface area contributed by atoms with Gasteiger partial charge in [0, 0.05) is 5.56 Å². The average Bonchev–Trinajstić information content (AvgIpc) is 3.19. The lowest BCUT2D eigenvalue weighted by molar-refractivity contribution is -0.139. The molecular formula is C27H27IN2O7S. The molecule has 0 saturated heterocycles. The van der Waals surface area contributed by atoms with E-state index in [2.05, 4.69) is 4.99 Å². The topological polar surface area (TPSA) is 109 Å². The van der Waals surface area contributed by atoms with Crippen LogP contribution < -0.4 is 29.1 Å². The number of benzene rings is 2. The molecule has 9 nitrogen and oxygen atoms in total. The number of hydrogen-bond acceptors (Lipinski definition) is 9. The van der Waals surface area contributed by atoms with Gasteiger partial charge in [-0.2, -0.15) is 0 Å². The summed E-state index contributed by atoms with van der Waals surface area (Å²) in [6.45, 7) is 5.83. The molecule has 200 valence electrons. The number of ether oxygens (including phenoxy) is 4. The number of phenols is 1. The summed E-state index contributed by atoms with van der Waals surface area (Å²) in [6, 6.07) is 7.91. The second kappa shape index (κ2) is 11.6. The van der Waals surface area contributed by atoms with Crippen molar-refractivity contribution >= 4 is 46.0 Å². The second-order valence-electron chi connectivity index (χ2n) is 8.17. The Labute approximate surface area is 236 Å². The number of thiazole rings is 1. The van der Waals surface area contributed by atoms with Crippen molar-refractivity contribution in [3.8, 4) is 23.0 Å². The molecule has 3 aromatic rings. The van der Waals surface area contributed by atoms with E-state index in [0.717, 1.165) is 0 Å². The normalized spacial score (nSPS) is 15.1. The van der Waals surface area contributed by atoms with Crippen molar-refractivity contribution in [2.45, 2.75) is 26.8 Å². The standard InChI is InChI=1S/C27H27IN2O7S/c1-6-36-24-16(9-8-10-18(24)34-4)22-21(26(33)37-7-2)14(3)29-27-30(22)25(32)20(38-27)13-15-11-17(28)23(31)19(12-15)35-5/h8-13,22,31H,6-7H2,1-5H3/b20-13+/t22-/m0/s1. The second-order valence-corrected chi connectivity index (χ2v) is 10.3. The smallest absolute Gasteiger partial charge is 0.338 e. The summed E-state index contributed by atoms with van der Waals surface area (Å²) >= 11 is 3.21. The molecule has 1 aromatic heterocycles. The van der Waals surface area contributed by atoms with Gasteiger partial charge in [-0.3, -0.25) is 9.36 Å². The Bertz CT molecular complexity index is 1610. The molecule has 2 heterocycles. The van der Waals surface area contributed by atoms with E-state index in [0.29, 0.717) is 53.6 Å². The number of carbonyl (C=O) groups excluding carboxylic acids is 1. The van der Waals surface area contributed by atoms with Gasteiger partial charge in [-0.05, 0) is 73.2 Å². The Hall–Kier alpha value is -3.32. The van der Waals surface area contributed by atoms with Crippen LogP contribution in [0.15, 0.2) is 51.4 Å². The third kappa shape index (κ3) is 5.04. The number of fused-ring (bicyclic) bond motifs is 1. The Balaban J connectivity index is 2.02. The maximum absolute atomic E-state index is 13.9. The molecule has 0 aliphatic carbocycles. The summed E-state index contributed by atoms with van der Waals surface area (Å²) in [5, 5.41) is 10.2. The minimum absolute atomic E-state index is 0.0305. The van der Waals surface area contributed by atoms with Crippen LogP contribution in [0, 0.1) is 3.57 Å². The van der Waals surface area contributed by atoms with E-state index in [1.807, 2.05) is 29.5 Å². The van der Waals surface area contributed by atoms with Crippen LogP contribution in [0.1, 0.15) is 37.9 Å². The van der Waals surface area contributed by atoms with Gasteiger partial charge in [-0.25, -0.2) is 9.79 Å². The number of hydrogen-bond donors (Lipinski definition) is 1. The first-order valence-corrected chi connectivity index (χ1v) is 13.7. The largest absolute Gasteiger partial charge is 0.504 e. The van der Waals surface area contributed by atoms with E-state index in [9.17, 15) is 14.7 Å². The third-order valence-electron chi connectivity index (χ3n) is 5.90. The van der Waals surface area contributed by atoms with Crippen molar-refractivity contribution in [2.75, 3.05) is 27.4 Å². The lowest BCUT2D eigenvalue weighted by atomic mass is 9.94. The summed E-state index contributed by atoms with van der Waals surface area (Å²) in [5.41, 5.74) is 1.62. The summed E-state index contributed by atoms with van der Waals surface area (Å²) in [5.74, 6) is 0.687. The molecule has 1 atom stereocenters. The van der Waals surface area contributed by atoms with Crippen LogP contribution in [0.5, 0.6) is 23.0 Å². The molecule has 0 unspecified atom stereocenters. The third-order valence-corrected chi connectivity index (χ3v) is 7.70. The molecular weight excluding hydrogens is 623 g/mol. The predicted octanol–water partition coefficient (Wildman–Crippen LogP) is 3.52. The Kier molecular flexibility index (Phi) is 8.46. The van der Waals surface area contributed by atoms with Crippen molar-refractivity contribution in [1.82, 2.24) is 4.57 Å². The number of nitrogens with zero attached hydrogens (tertiary/aromatic N) is 2. The highest BCUT2D eigenvalue weighted by Gasteiger charge is 2.36. The maximum atomic E-state index is 13.9.